The molecule has 1 aromatic rings. The molecule has 0 atom stereocenters. The molecule has 0 unspecified atom stereocenters. The Morgan fingerprint density at radius 1 is 1.44 bits per heavy atom. The molecule has 0 saturated heterocycles. The minimum Gasteiger partial charge on any atom is -0.374 e. The molecule has 0 bridgehead atoms. The van der Waals surface area contributed by atoms with Gasteiger partial charge in [0.05, 0.1) is 0 Å². The summed E-state index contributed by atoms with van der Waals surface area (Å²) in [5, 5.41) is 1.70. The van der Waals surface area contributed by atoms with Crippen molar-refractivity contribution >= 4 is 33.2 Å². The molecule has 1 aliphatic rings. The van der Waals surface area contributed by atoms with Crippen molar-refractivity contribution in [3.05, 3.63) is 28.8 Å². The van der Waals surface area contributed by atoms with E-state index in [1.54, 1.807) is 0 Å². The van der Waals surface area contributed by atoms with Gasteiger partial charge in [0.2, 0.25) is 0 Å². The summed E-state index contributed by atoms with van der Waals surface area (Å²) in [4.78, 5) is 2.34. The predicted molar refractivity (Wildman–Crippen MR) is 74.7 cm³/mol. The fourth-order valence-corrected chi connectivity index (χ4v) is 2.81. The highest BCUT2D eigenvalue weighted by molar-refractivity contribution is 9.08. The molecule has 0 spiro atoms. The summed E-state index contributed by atoms with van der Waals surface area (Å²) in [6, 6.07) is 6.12. The van der Waals surface area contributed by atoms with E-state index >= 15 is 0 Å². The van der Waals surface area contributed by atoms with Crippen molar-refractivity contribution in [2.24, 2.45) is 5.92 Å². The standard InChI is InChI=1S/C13H17BrClN/c1-16(9-10-3-2-4-10)13-7-12(15)6-5-11(13)8-14/h5-7,10H,2-4,8-9H2,1H3. The zero-order chi connectivity index (χ0) is 11.5. The van der Waals surface area contributed by atoms with E-state index in [2.05, 4.69) is 40.0 Å². The molecule has 0 heterocycles. The van der Waals surface area contributed by atoms with Gasteiger partial charge in [0.15, 0.2) is 0 Å². The van der Waals surface area contributed by atoms with Crippen molar-refractivity contribution in [1.29, 1.82) is 0 Å². The molecule has 1 aromatic carbocycles. The number of anilines is 1. The number of hydrogen-bond acceptors (Lipinski definition) is 1. The van der Waals surface area contributed by atoms with Gasteiger partial charge in [0.25, 0.3) is 0 Å². The summed E-state index contributed by atoms with van der Waals surface area (Å²) >= 11 is 9.59. The van der Waals surface area contributed by atoms with Gasteiger partial charge >= 0.3 is 0 Å². The average Bonchev–Trinajstić information content (AvgIpc) is 2.23. The first-order chi connectivity index (χ1) is 7.70. The van der Waals surface area contributed by atoms with Crippen LogP contribution in [0.15, 0.2) is 18.2 Å². The minimum absolute atomic E-state index is 0.820. The fraction of sp³-hybridized carbons (Fsp3) is 0.538. The Hall–Kier alpha value is -0.210. The van der Waals surface area contributed by atoms with Gasteiger partial charge < -0.3 is 4.90 Å². The molecular formula is C13H17BrClN. The maximum Gasteiger partial charge on any atom is 0.0426 e. The van der Waals surface area contributed by atoms with E-state index in [0.717, 1.165) is 22.8 Å². The van der Waals surface area contributed by atoms with Gasteiger partial charge in [-0.2, -0.15) is 0 Å². The van der Waals surface area contributed by atoms with Crippen LogP contribution in [0.4, 0.5) is 5.69 Å². The first-order valence-electron chi connectivity index (χ1n) is 5.76. The molecule has 1 nitrogen and oxygen atoms in total. The molecule has 0 aromatic heterocycles. The number of alkyl halides is 1. The summed E-state index contributed by atoms with van der Waals surface area (Å²) in [7, 11) is 2.16. The third-order valence-electron chi connectivity index (χ3n) is 3.36. The highest BCUT2D eigenvalue weighted by Crippen LogP contribution is 2.31. The van der Waals surface area contributed by atoms with E-state index in [1.807, 2.05) is 6.07 Å². The summed E-state index contributed by atoms with van der Waals surface area (Å²) < 4.78 is 0. The summed E-state index contributed by atoms with van der Waals surface area (Å²) in [5.41, 5.74) is 2.57. The molecule has 88 valence electrons. The molecule has 16 heavy (non-hydrogen) atoms. The SMILES string of the molecule is CN(CC1CCC1)c1cc(Cl)ccc1CBr. The molecule has 0 aliphatic heterocycles. The van der Waals surface area contributed by atoms with Gasteiger partial charge in [-0.25, -0.2) is 0 Å². The van der Waals surface area contributed by atoms with E-state index in [1.165, 1.54) is 30.5 Å². The lowest BCUT2D eigenvalue weighted by atomic mass is 9.85. The second-order valence-corrected chi connectivity index (χ2v) is 5.58. The highest BCUT2D eigenvalue weighted by Gasteiger charge is 2.20. The Morgan fingerprint density at radius 3 is 2.75 bits per heavy atom. The van der Waals surface area contributed by atoms with E-state index < -0.39 is 0 Å². The van der Waals surface area contributed by atoms with E-state index in [4.69, 9.17) is 11.6 Å². The Labute approximate surface area is 111 Å². The molecule has 1 aliphatic carbocycles. The highest BCUT2D eigenvalue weighted by atomic mass is 79.9. The van der Waals surface area contributed by atoms with Crippen LogP contribution in [-0.2, 0) is 5.33 Å². The maximum absolute atomic E-state index is 6.06. The first kappa shape index (κ1) is 12.3. The quantitative estimate of drug-likeness (QED) is 0.742. The lowest BCUT2D eigenvalue weighted by Gasteiger charge is -2.32. The van der Waals surface area contributed by atoms with Crippen LogP contribution in [-0.4, -0.2) is 13.6 Å². The molecule has 2 rings (SSSR count). The van der Waals surface area contributed by atoms with E-state index in [9.17, 15) is 0 Å². The topological polar surface area (TPSA) is 3.24 Å². The molecule has 0 radical (unpaired) electrons. The van der Waals surface area contributed by atoms with Crippen LogP contribution in [0.25, 0.3) is 0 Å². The fourth-order valence-electron chi connectivity index (χ4n) is 2.17. The number of benzene rings is 1. The van der Waals surface area contributed by atoms with Crippen LogP contribution >= 0.6 is 27.5 Å². The zero-order valence-electron chi connectivity index (χ0n) is 9.55. The van der Waals surface area contributed by atoms with Gasteiger partial charge in [-0.1, -0.05) is 40.0 Å². The van der Waals surface area contributed by atoms with Gasteiger partial charge in [-0.05, 0) is 36.5 Å². The number of nitrogens with zero attached hydrogens (tertiary/aromatic N) is 1. The zero-order valence-corrected chi connectivity index (χ0v) is 11.9. The van der Waals surface area contributed by atoms with Crippen LogP contribution in [0, 0.1) is 5.92 Å². The van der Waals surface area contributed by atoms with Crippen molar-refractivity contribution < 1.29 is 0 Å². The normalized spacial score (nSPS) is 15.9. The predicted octanol–water partition coefficient (Wildman–Crippen LogP) is 4.47. The Kier molecular flexibility index (Phi) is 4.15. The van der Waals surface area contributed by atoms with E-state index in [-0.39, 0.29) is 0 Å². The van der Waals surface area contributed by atoms with Crippen LogP contribution in [0.5, 0.6) is 0 Å². The molecule has 1 saturated carbocycles. The second kappa shape index (κ2) is 5.42. The molecule has 3 heteroatoms. The maximum atomic E-state index is 6.06. The van der Waals surface area contributed by atoms with Gasteiger partial charge in [-0.15, -0.1) is 0 Å². The summed E-state index contributed by atoms with van der Waals surface area (Å²) in [6.07, 6.45) is 4.17. The third-order valence-corrected chi connectivity index (χ3v) is 4.20. The number of rotatable bonds is 4. The lowest BCUT2D eigenvalue weighted by molar-refractivity contribution is 0.321. The number of hydrogen-bond donors (Lipinski definition) is 0. The smallest absolute Gasteiger partial charge is 0.0426 e. The molecule has 1 fully saturated rings. The lowest BCUT2D eigenvalue weighted by Crippen LogP contribution is -2.29. The second-order valence-electron chi connectivity index (χ2n) is 4.58. The largest absolute Gasteiger partial charge is 0.374 e. The van der Waals surface area contributed by atoms with Gasteiger partial charge in [-0.3, -0.25) is 0 Å². The van der Waals surface area contributed by atoms with Crippen molar-refractivity contribution in [3.8, 4) is 0 Å². The van der Waals surface area contributed by atoms with Crippen LogP contribution < -0.4 is 4.90 Å². The molecule has 0 N–H and O–H groups in total. The Bertz CT molecular complexity index is 363. The van der Waals surface area contributed by atoms with Crippen LogP contribution in [0.3, 0.4) is 0 Å². The number of halogens is 2. The third kappa shape index (κ3) is 2.72. The first-order valence-corrected chi connectivity index (χ1v) is 7.26. The minimum atomic E-state index is 0.820. The van der Waals surface area contributed by atoms with Crippen molar-refractivity contribution in [2.75, 3.05) is 18.5 Å². The van der Waals surface area contributed by atoms with Crippen molar-refractivity contribution in [3.63, 3.8) is 0 Å². The average molecular weight is 303 g/mol. The van der Waals surface area contributed by atoms with Crippen molar-refractivity contribution in [1.82, 2.24) is 0 Å². The van der Waals surface area contributed by atoms with Gasteiger partial charge in [0, 0.05) is 29.6 Å². The molecule has 0 amide bonds. The van der Waals surface area contributed by atoms with Crippen LogP contribution in [0.1, 0.15) is 24.8 Å². The summed E-state index contributed by atoms with van der Waals surface area (Å²) in [5.74, 6) is 0.882. The van der Waals surface area contributed by atoms with Crippen molar-refractivity contribution in [2.45, 2.75) is 24.6 Å². The molecular weight excluding hydrogens is 286 g/mol. The van der Waals surface area contributed by atoms with Gasteiger partial charge in [0.1, 0.15) is 0 Å². The summed E-state index contributed by atoms with van der Waals surface area (Å²) in [6.45, 7) is 1.15. The monoisotopic (exact) mass is 301 g/mol. The Morgan fingerprint density at radius 2 is 2.19 bits per heavy atom. The Balaban J connectivity index is 2.13. The van der Waals surface area contributed by atoms with Crippen LogP contribution in [0.2, 0.25) is 5.02 Å². The van der Waals surface area contributed by atoms with E-state index in [0.29, 0.717) is 0 Å².